The molecule has 132 valence electrons. The van der Waals surface area contributed by atoms with Gasteiger partial charge in [0.15, 0.2) is 0 Å². The van der Waals surface area contributed by atoms with Gasteiger partial charge in [0, 0.05) is 22.3 Å². The summed E-state index contributed by atoms with van der Waals surface area (Å²) in [6.07, 6.45) is 2.97. The summed E-state index contributed by atoms with van der Waals surface area (Å²) in [5, 5.41) is 3.77. The Balaban J connectivity index is 1.72. The molecule has 0 aliphatic heterocycles. The Kier molecular flexibility index (Phi) is 5.35. The van der Waals surface area contributed by atoms with Crippen LogP contribution in [0.4, 0.5) is 11.4 Å². The highest BCUT2D eigenvalue weighted by molar-refractivity contribution is 6.34. The minimum absolute atomic E-state index is 0.319. The SMILES string of the molecule is Cc1cc(N)cc(Cl)c1NC(=O)/C=C/c1ccc(-c2cccc(Cl)c2)o1. The lowest BCUT2D eigenvalue weighted by atomic mass is 10.1. The van der Waals surface area contributed by atoms with Crippen LogP contribution in [0.3, 0.4) is 0 Å². The fraction of sp³-hybridized carbons (Fsp3) is 0.0500. The molecule has 2 aromatic carbocycles. The first-order valence-electron chi connectivity index (χ1n) is 7.83. The number of nitrogen functional groups attached to an aromatic ring is 1. The molecule has 0 atom stereocenters. The highest BCUT2D eigenvalue weighted by Gasteiger charge is 2.08. The summed E-state index contributed by atoms with van der Waals surface area (Å²) in [5.41, 5.74) is 8.46. The van der Waals surface area contributed by atoms with Crippen molar-refractivity contribution in [3.63, 3.8) is 0 Å². The summed E-state index contributed by atoms with van der Waals surface area (Å²) in [7, 11) is 0. The Bertz CT molecular complexity index is 970. The van der Waals surface area contributed by atoms with Gasteiger partial charge in [-0.05, 0) is 55.0 Å². The van der Waals surface area contributed by atoms with Gasteiger partial charge in [-0.2, -0.15) is 0 Å². The normalized spacial score (nSPS) is 11.0. The maximum absolute atomic E-state index is 12.1. The molecule has 0 spiro atoms. The monoisotopic (exact) mass is 386 g/mol. The fourth-order valence-corrected chi connectivity index (χ4v) is 3.00. The third-order valence-electron chi connectivity index (χ3n) is 3.69. The third-order valence-corrected chi connectivity index (χ3v) is 4.23. The van der Waals surface area contributed by atoms with Gasteiger partial charge in [0.25, 0.3) is 0 Å². The number of halogens is 2. The number of nitrogens with two attached hydrogens (primary N) is 1. The van der Waals surface area contributed by atoms with Crippen LogP contribution in [-0.2, 0) is 4.79 Å². The predicted octanol–water partition coefficient (Wildman–Crippen LogP) is 5.80. The molecular weight excluding hydrogens is 371 g/mol. The van der Waals surface area contributed by atoms with Crippen LogP contribution in [-0.4, -0.2) is 5.91 Å². The molecule has 0 unspecified atom stereocenters. The molecule has 3 N–H and O–H groups in total. The van der Waals surface area contributed by atoms with Gasteiger partial charge in [-0.3, -0.25) is 4.79 Å². The Morgan fingerprint density at radius 1 is 1.15 bits per heavy atom. The van der Waals surface area contributed by atoms with Gasteiger partial charge in [0.05, 0.1) is 10.7 Å². The van der Waals surface area contributed by atoms with Crippen molar-refractivity contribution in [1.82, 2.24) is 0 Å². The first kappa shape index (κ1) is 18.1. The van der Waals surface area contributed by atoms with Crippen LogP contribution in [0.5, 0.6) is 0 Å². The maximum atomic E-state index is 12.1. The van der Waals surface area contributed by atoms with Crippen LogP contribution < -0.4 is 11.1 Å². The van der Waals surface area contributed by atoms with Crippen molar-refractivity contribution < 1.29 is 9.21 Å². The molecule has 0 aliphatic carbocycles. The summed E-state index contributed by atoms with van der Waals surface area (Å²) in [4.78, 5) is 12.1. The molecule has 6 heteroatoms. The molecule has 26 heavy (non-hydrogen) atoms. The molecule has 0 bridgehead atoms. The Labute approximate surface area is 161 Å². The van der Waals surface area contributed by atoms with E-state index in [2.05, 4.69) is 5.32 Å². The van der Waals surface area contributed by atoms with Crippen LogP contribution >= 0.6 is 23.2 Å². The van der Waals surface area contributed by atoms with Gasteiger partial charge in [-0.25, -0.2) is 0 Å². The van der Waals surface area contributed by atoms with Crippen LogP contribution in [0.1, 0.15) is 11.3 Å². The number of nitrogens with one attached hydrogen (secondary N) is 1. The first-order valence-corrected chi connectivity index (χ1v) is 8.58. The standard InChI is InChI=1S/C20H16Cl2N2O2/c1-12-9-15(23)11-17(22)20(12)24-19(25)8-6-16-5-7-18(26-16)13-3-2-4-14(21)10-13/h2-11H,23H2,1H3,(H,24,25)/b8-6+. The van der Waals surface area contributed by atoms with Gasteiger partial charge in [0.2, 0.25) is 5.91 Å². The smallest absolute Gasteiger partial charge is 0.248 e. The highest BCUT2D eigenvalue weighted by atomic mass is 35.5. The zero-order chi connectivity index (χ0) is 18.7. The van der Waals surface area contributed by atoms with Gasteiger partial charge >= 0.3 is 0 Å². The second kappa shape index (κ2) is 7.68. The average Bonchev–Trinajstić information content (AvgIpc) is 3.05. The van der Waals surface area contributed by atoms with E-state index in [-0.39, 0.29) is 5.91 Å². The Hall–Kier alpha value is -2.69. The molecule has 3 aromatic rings. The number of aryl methyl sites for hydroxylation is 1. The summed E-state index contributed by atoms with van der Waals surface area (Å²) < 4.78 is 5.72. The topological polar surface area (TPSA) is 68.3 Å². The van der Waals surface area contributed by atoms with Crippen molar-refractivity contribution in [1.29, 1.82) is 0 Å². The molecule has 1 amide bonds. The predicted molar refractivity (Wildman–Crippen MR) is 107 cm³/mol. The van der Waals surface area contributed by atoms with E-state index >= 15 is 0 Å². The van der Waals surface area contributed by atoms with Crippen LogP contribution in [0.25, 0.3) is 17.4 Å². The largest absolute Gasteiger partial charge is 0.457 e. The number of anilines is 2. The van der Waals surface area contributed by atoms with Crippen molar-refractivity contribution in [3.8, 4) is 11.3 Å². The summed E-state index contributed by atoms with van der Waals surface area (Å²) >= 11 is 12.1. The van der Waals surface area contributed by atoms with E-state index in [1.54, 1.807) is 30.3 Å². The summed E-state index contributed by atoms with van der Waals surface area (Å²) in [6.45, 7) is 1.82. The minimum Gasteiger partial charge on any atom is -0.457 e. The number of amides is 1. The first-order chi connectivity index (χ1) is 12.4. The molecule has 0 aliphatic rings. The van der Waals surface area contributed by atoms with E-state index in [1.165, 1.54) is 6.08 Å². The number of furan rings is 1. The van der Waals surface area contributed by atoms with Crippen LogP contribution in [0.2, 0.25) is 10.0 Å². The summed E-state index contributed by atoms with van der Waals surface area (Å²) in [6, 6.07) is 14.3. The van der Waals surface area contributed by atoms with E-state index in [1.807, 2.05) is 31.2 Å². The lowest BCUT2D eigenvalue weighted by molar-refractivity contribution is -0.111. The lowest BCUT2D eigenvalue weighted by Gasteiger charge is -2.09. The molecule has 1 heterocycles. The summed E-state index contributed by atoms with van der Waals surface area (Å²) in [5.74, 6) is 0.903. The zero-order valence-electron chi connectivity index (χ0n) is 13.9. The van der Waals surface area contributed by atoms with E-state index < -0.39 is 0 Å². The third kappa shape index (κ3) is 4.28. The van der Waals surface area contributed by atoms with Gasteiger partial charge in [-0.15, -0.1) is 0 Å². The van der Waals surface area contributed by atoms with E-state index in [0.717, 1.165) is 11.1 Å². The number of hydrogen-bond acceptors (Lipinski definition) is 3. The van der Waals surface area contributed by atoms with Crippen LogP contribution in [0, 0.1) is 6.92 Å². The van der Waals surface area contributed by atoms with Crippen LogP contribution in [0.15, 0.2) is 59.0 Å². The lowest BCUT2D eigenvalue weighted by Crippen LogP contribution is -2.09. The maximum Gasteiger partial charge on any atom is 0.248 e. The van der Waals surface area contributed by atoms with E-state index in [4.69, 9.17) is 33.4 Å². The Morgan fingerprint density at radius 3 is 2.69 bits per heavy atom. The highest BCUT2D eigenvalue weighted by Crippen LogP contribution is 2.29. The van der Waals surface area contributed by atoms with Crippen molar-refractivity contribution in [2.45, 2.75) is 6.92 Å². The number of carbonyl (C=O) groups is 1. The Morgan fingerprint density at radius 2 is 1.96 bits per heavy atom. The molecule has 0 radical (unpaired) electrons. The van der Waals surface area contributed by atoms with Crippen molar-refractivity contribution >= 4 is 46.6 Å². The quantitative estimate of drug-likeness (QED) is 0.439. The number of rotatable bonds is 4. The zero-order valence-corrected chi connectivity index (χ0v) is 15.4. The number of hydrogen-bond donors (Lipinski definition) is 2. The fourth-order valence-electron chi connectivity index (χ4n) is 2.49. The van der Waals surface area contributed by atoms with E-state index in [9.17, 15) is 4.79 Å². The molecule has 0 saturated carbocycles. The molecule has 1 aromatic heterocycles. The van der Waals surface area contributed by atoms with Crippen molar-refractivity contribution in [2.24, 2.45) is 0 Å². The average molecular weight is 387 g/mol. The molecule has 0 fully saturated rings. The van der Waals surface area contributed by atoms with E-state index in [0.29, 0.717) is 32.9 Å². The van der Waals surface area contributed by atoms with Gasteiger partial charge in [-0.1, -0.05) is 35.3 Å². The molecular formula is C20H16Cl2N2O2. The second-order valence-corrected chi connectivity index (χ2v) is 6.57. The van der Waals surface area contributed by atoms with Crippen molar-refractivity contribution in [2.75, 3.05) is 11.1 Å². The second-order valence-electron chi connectivity index (χ2n) is 5.73. The number of carbonyl (C=O) groups excluding carboxylic acids is 1. The minimum atomic E-state index is -0.319. The molecule has 0 saturated heterocycles. The van der Waals surface area contributed by atoms with Gasteiger partial charge in [0.1, 0.15) is 11.5 Å². The number of benzene rings is 2. The molecule has 4 nitrogen and oxygen atoms in total. The van der Waals surface area contributed by atoms with Gasteiger partial charge < -0.3 is 15.5 Å². The molecule has 3 rings (SSSR count). The van der Waals surface area contributed by atoms with Crippen molar-refractivity contribution in [3.05, 3.63) is 76.0 Å².